The fourth-order valence-electron chi connectivity index (χ4n) is 3.88. The summed E-state index contributed by atoms with van der Waals surface area (Å²) in [4.78, 5) is 28.4. The SMILES string of the molecule is CCc1cn(C2CCNCC2)c(C(=O)NC2CCC(C(=O)O)CC2)n1.Cl.Cl. The van der Waals surface area contributed by atoms with Gasteiger partial charge in [-0.25, -0.2) is 4.98 Å². The lowest BCUT2D eigenvalue weighted by Gasteiger charge is -2.28. The van der Waals surface area contributed by atoms with Gasteiger partial charge in [-0.3, -0.25) is 9.59 Å². The molecule has 1 aliphatic carbocycles. The third-order valence-corrected chi connectivity index (χ3v) is 5.46. The largest absolute Gasteiger partial charge is 0.481 e. The van der Waals surface area contributed by atoms with Crippen LogP contribution in [0, 0.1) is 5.92 Å². The molecule has 0 radical (unpaired) electrons. The summed E-state index contributed by atoms with van der Waals surface area (Å²) >= 11 is 0. The Morgan fingerprint density at radius 3 is 2.37 bits per heavy atom. The number of piperidine rings is 1. The Hall–Kier alpha value is -1.31. The van der Waals surface area contributed by atoms with E-state index in [0.29, 0.717) is 24.7 Å². The molecule has 2 heterocycles. The molecule has 1 saturated heterocycles. The molecule has 0 atom stereocenters. The molecule has 1 aromatic heterocycles. The molecule has 9 heteroatoms. The number of imidazole rings is 1. The first kappa shape index (κ1) is 23.7. The number of carboxylic acid groups (broad SMARTS) is 1. The van der Waals surface area contributed by atoms with E-state index in [2.05, 4.69) is 20.2 Å². The van der Waals surface area contributed by atoms with Gasteiger partial charge in [-0.1, -0.05) is 6.92 Å². The third kappa shape index (κ3) is 5.83. The van der Waals surface area contributed by atoms with E-state index < -0.39 is 5.97 Å². The van der Waals surface area contributed by atoms with Gasteiger partial charge in [0.05, 0.1) is 11.6 Å². The van der Waals surface area contributed by atoms with Crippen molar-refractivity contribution in [3.63, 3.8) is 0 Å². The Kier molecular flexibility index (Phi) is 9.56. The van der Waals surface area contributed by atoms with E-state index in [1.807, 2.05) is 13.1 Å². The quantitative estimate of drug-likeness (QED) is 0.679. The van der Waals surface area contributed by atoms with Crippen LogP contribution in [0.15, 0.2) is 6.20 Å². The van der Waals surface area contributed by atoms with Crippen LogP contribution in [0.5, 0.6) is 0 Å². The highest BCUT2D eigenvalue weighted by atomic mass is 35.5. The minimum atomic E-state index is -0.723. The van der Waals surface area contributed by atoms with Crippen LogP contribution in [-0.4, -0.2) is 45.7 Å². The average Bonchev–Trinajstić information content (AvgIpc) is 3.07. The van der Waals surface area contributed by atoms with Crippen LogP contribution in [0.1, 0.15) is 67.8 Å². The van der Waals surface area contributed by atoms with Gasteiger partial charge in [-0.15, -0.1) is 24.8 Å². The Morgan fingerprint density at radius 2 is 1.81 bits per heavy atom. The maximum Gasteiger partial charge on any atom is 0.306 e. The number of carbonyl (C=O) groups is 2. The molecular formula is C18H30Cl2N4O3. The van der Waals surface area contributed by atoms with Gasteiger partial charge < -0.3 is 20.3 Å². The maximum absolute atomic E-state index is 12.8. The third-order valence-electron chi connectivity index (χ3n) is 5.46. The number of rotatable bonds is 5. The molecule has 0 bridgehead atoms. The number of aliphatic carboxylic acids is 1. The highest BCUT2D eigenvalue weighted by Gasteiger charge is 2.29. The number of carbonyl (C=O) groups excluding carboxylic acids is 1. The first-order chi connectivity index (χ1) is 12.1. The summed E-state index contributed by atoms with van der Waals surface area (Å²) in [6.07, 6.45) is 7.53. The molecule has 1 amide bonds. The summed E-state index contributed by atoms with van der Waals surface area (Å²) in [6.45, 7) is 3.97. The van der Waals surface area contributed by atoms with Gasteiger partial charge >= 0.3 is 5.97 Å². The van der Waals surface area contributed by atoms with E-state index in [1.54, 1.807) is 0 Å². The summed E-state index contributed by atoms with van der Waals surface area (Å²) in [5, 5.41) is 15.5. The summed E-state index contributed by atoms with van der Waals surface area (Å²) in [5.74, 6) is -0.614. The normalized spacial score (nSPS) is 23.0. The van der Waals surface area contributed by atoms with Crippen molar-refractivity contribution in [2.75, 3.05) is 13.1 Å². The second kappa shape index (κ2) is 10.9. The molecule has 1 saturated carbocycles. The van der Waals surface area contributed by atoms with E-state index in [0.717, 1.165) is 50.9 Å². The van der Waals surface area contributed by atoms with Crippen LogP contribution in [0.25, 0.3) is 0 Å². The summed E-state index contributed by atoms with van der Waals surface area (Å²) in [5.41, 5.74) is 0.943. The maximum atomic E-state index is 12.8. The number of aryl methyl sites for hydroxylation is 1. The highest BCUT2D eigenvalue weighted by molar-refractivity contribution is 5.91. The van der Waals surface area contributed by atoms with Crippen molar-refractivity contribution in [1.82, 2.24) is 20.2 Å². The Balaban J connectivity index is 0.00000182. The fraction of sp³-hybridized carbons (Fsp3) is 0.722. The van der Waals surface area contributed by atoms with Crippen LogP contribution >= 0.6 is 24.8 Å². The number of halogens is 2. The monoisotopic (exact) mass is 420 g/mol. The number of hydrogen-bond donors (Lipinski definition) is 3. The van der Waals surface area contributed by atoms with Gasteiger partial charge in [-0.2, -0.15) is 0 Å². The number of carboxylic acids is 1. The molecule has 1 aromatic rings. The molecule has 27 heavy (non-hydrogen) atoms. The predicted molar refractivity (Wildman–Crippen MR) is 108 cm³/mol. The number of hydrogen-bond acceptors (Lipinski definition) is 4. The Morgan fingerprint density at radius 1 is 1.19 bits per heavy atom. The fourth-order valence-corrected chi connectivity index (χ4v) is 3.88. The van der Waals surface area contributed by atoms with Crippen molar-refractivity contribution in [1.29, 1.82) is 0 Å². The van der Waals surface area contributed by atoms with E-state index >= 15 is 0 Å². The van der Waals surface area contributed by atoms with Crippen molar-refractivity contribution < 1.29 is 14.7 Å². The minimum absolute atomic E-state index is 0. The molecular weight excluding hydrogens is 391 g/mol. The number of amides is 1. The van der Waals surface area contributed by atoms with E-state index in [9.17, 15) is 9.59 Å². The predicted octanol–water partition coefficient (Wildman–Crippen LogP) is 2.59. The smallest absolute Gasteiger partial charge is 0.306 e. The summed E-state index contributed by atoms with van der Waals surface area (Å²) in [7, 11) is 0. The molecule has 3 rings (SSSR count). The Labute approximate surface area is 172 Å². The van der Waals surface area contributed by atoms with Crippen molar-refractivity contribution in [2.24, 2.45) is 5.92 Å². The van der Waals surface area contributed by atoms with E-state index in [1.165, 1.54) is 0 Å². The molecule has 3 N–H and O–H groups in total. The van der Waals surface area contributed by atoms with Crippen LogP contribution in [-0.2, 0) is 11.2 Å². The van der Waals surface area contributed by atoms with Gasteiger partial charge in [-0.05, 0) is 58.0 Å². The van der Waals surface area contributed by atoms with Gasteiger partial charge in [0.15, 0.2) is 5.82 Å². The lowest BCUT2D eigenvalue weighted by atomic mass is 9.86. The summed E-state index contributed by atoms with van der Waals surface area (Å²) in [6, 6.07) is 0.365. The minimum Gasteiger partial charge on any atom is -0.481 e. The van der Waals surface area contributed by atoms with Crippen molar-refractivity contribution in [3.8, 4) is 0 Å². The molecule has 7 nitrogen and oxygen atoms in total. The van der Waals surface area contributed by atoms with Gasteiger partial charge in [0, 0.05) is 18.3 Å². The zero-order chi connectivity index (χ0) is 17.8. The zero-order valence-electron chi connectivity index (χ0n) is 15.6. The molecule has 0 aromatic carbocycles. The van der Waals surface area contributed by atoms with Crippen molar-refractivity contribution in [3.05, 3.63) is 17.7 Å². The summed E-state index contributed by atoms with van der Waals surface area (Å²) < 4.78 is 2.05. The second-order valence-corrected chi connectivity index (χ2v) is 7.16. The molecule has 0 spiro atoms. The molecule has 1 aliphatic heterocycles. The average molecular weight is 421 g/mol. The van der Waals surface area contributed by atoms with Crippen molar-refractivity contribution >= 4 is 36.7 Å². The van der Waals surface area contributed by atoms with Crippen LogP contribution in [0.3, 0.4) is 0 Å². The van der Waals surface area contributed by atoms with Crippen LogP contribution in [0.2, 0.25) is 0 Å². The van der Waals surface area contributed by atoms with E-state index in [-0.39, 0.29) is 42.7 Å². The standard InChI is InChI=1S/C18H28N4O3.2ClH/c1-2-13-11-22(15-7-9-19-10-8-15)16(20-13)17(23)21-14-5-3-12(4-6-14)18(24)25;;/h11-12,14-15,19H,2-10H2,1H3,(H,21,23)(H,24,25);2*1H. The van der Waals surface area contributed by atoms with E-state index in [4.69, 9.17) is 5.11 Å². The lowest BCUT2D eigenvalue weighted by molar-refractivity contribution is -0.142. The van der Waals surface area contributed by atoms with Crippen LogP contribution in [0.4, 0.5) is 0 Å². The van der Waals surface area contributed by atoms with Gasteiger partial charge in [0.1, 0.15) is 0 Å². The van der Waals surface area contributed by atoms with Crippen LogP contribution < -0.4 is 10.6 Å². The van der Waals surface area contributed by atoms with Gasteiger partial charge in [0.2, 0.25) is 0 Å². The van der Waals surface area contributed by atoms with Crippen molar-refractivity contribution in [2.45, 2.75) is 64.0 Å². The lowest BCUT2D eigenvalue weighted by Crippen LogP contribution is -2.40. The zero-order valence-corrected chi connectivity index (χ0v) is 17.3. The molecule has 154 valence electrons. The molecule has 2 fully saturated rings. The molecule has 2 aliphatic rings. The number of nitrogens with one attached hydrogen (secondary N) is 2. The van der Waals surface area contributed by atoms with Gasteiger partial charge in [0.25, 0.3) is 5.91 Å². The number of nitrogens with zero attached hydrogens (tertiary/aromatic N) is 2. The Bertz CT molecular complexity index is 624. The first-order valence-corrected chi connectivity index (χ1v) is 9.40. The second-order valence-electron chi connectivity index (χ2n) is 7.16. The highest BCUT2D eigenvalue weighted by Crippen LogP contribution is 2.25. The topological polar surface area (TPSA) is 96.2 Å². The first-order valence-electron chi connectivity index (χ1n) is 9.40. The molecule has 0 unspecified atom stereocenters. The number of aromatic nitrogens is 2.